The van der Waals surface area contributed by atoms with Gasteiger partial charge in [-0.2, -0.15) is 0 Å². The van der Waals surface area contributed by atoms with Gasteiger partial charge in [-0.1, -0.05) is 27.8 Å². The van der Waals surface area contributed by atoms with Gasteiger partial charge in [0.1, 0.15) is 0 Å². The molecule has 2 aromatic rings. The van der Waals surface area contributed by atoms with Crippen LogP contribution < -0.4 is 5.69 Å². The SMILES string of the molecule is O=c1[nH]c2ccc(C#CCCBr)cc2[nH]1. The minimum absolute atomic E-state index is 0.185. The number of imidazole rings is 1. The number of hydrogen-bond donors (Lipinski definition) is 2. The summed E-state index contributed by atoms with van der Waals surface area (Å²) in [7, 11) is 0. The van der Waals surface area contributed by atoms with Crippen LogP contribution in [-0.2, 0) is 0 Å². The Hall–Kier alpha value is -1.47. The molecule has 0 amide bonds. The monoisotopic (exact) mass is 264 g/mol. The number of H-pyrrole nitrogens is 2. The lowest BCUT2D eigenvalue weighted by Crippen LogP contribution is -1.99. The second-order valence-electron chi connectivity index (χ2n) is 3.08. The van der Waals surface area contributed by atoms with Crippen molar-refractivity contribution >= 4 is 27.0 Å². The normalized spacial score (nSPS) is 9.93. The molecular weight excluding hydrogens is 256 g/mol. The second-order valence-corrected chi connectivity index (χ2v) is 3.87. The van der Waals surface area contributed by atoms with Crippen molar-refractivity contribution in [3.63, 3.8) is 0 Å². The Kier molecular flexibility index (Phi) is 2.93. The molecule has 0 aliphatic carbocycles. The topological polar surface area (TPSA) is 48.6 Å². The quantitative estimate of drug-likeness (QED) is 0.601. The summed E-state index contributed by atoms with van der Waals surface area (Å²) in [6, 6.07) is 5.62. The van der Waals surface area contributed by atoms with Gasteiger partial charge >= 0.3 is 5.69 Å². The van der Waals surface area contributed by atoms with Crippen LogP contribution in [0.4, 0.5) is 0 Å². The lowest BCUT2D eigenvalue weighted by atomic mass is 10.2. The maximum atomic E-state index is 11.0. The summed E-state index contributed by atoms with van der Waals surface area (Å²) in [5.74, 6) is 6.05. The first kappa shape index (κ1) is 10.1. The zero-order valence-electron chi connectivity index (χ0n) is 7.93. The molecule has 1 heterocycles. The molecule has 0 saturated heterocycles. The van der Waals surface area contributed by atoms with Crippen LogP contribution in [0.3, 0.4) is 0 Å². The van der Waals surface area contributed by atoms with Crippen LogP contribution in [0.15, 0.2) is 23.0 Å². The van der Waals surface area contributed by atoms with Crippen LogP contribution in [-0.4, -0.2) is 15.3 Å². The first-order valence-corrected chi connectivity index (χ1v) is 5.68. The molecule has 4 heteroatoms. The summed E-state index contributed by atoms with van der Waals surface area (Å²) in [6.07, 6.45) is 0.821. The van der Waals surface area contributed by atoms with Gasteiger partial charge < -0.3 is 9.97 Å². The van der Waals surface area contributed by atoms with Crippen molar-refractivity contribution in [3.05, 3.63) is 34.2 Å². The lowest BCUT2D eigenvalue weighted by Gasteiger charge is -1.90. The molecule has 0 aliphatic heterocycles. The van der Waals surface area contributed by atoms with Gasteiger partial charge in [-0.05, 0) is 18.2 Å². The third-order valence-electron chi connectivity index (χ3n) is 1.97. The number of alkyl halides is 1. The van der Waals surface area contributed by atoms with E-state index in [1.54, 1.807) is 0 Å². The number of benzene rings is 1. The van der Waals surface area contributed by atoms with E-state index in [0.717, 1.165) is 28.3 Å². The molecule has 0 aliphatic rings. The summed E-state index contributed by atoms with van der Waals surface area (Å²) >= 11 is 3.31. The molecule has 0 radical (unpaired) electrons. The molecule has 0 atom stereocenters. The van der Waals surface area contributed by atoms with Gasteiger partial charge in [0.25, 0.3) is 0 Å². The fraction of sp³-hybridized carbons (Fsp3) is 0.182. The predicted molar refractivity (Wildman–Crippen MR) is 64.2 cm³/mol. The molecule has 1 aromatic carbocycles. The predicted octanol–water partition coefficient (Wildman–Crippen LogP) is 1.99. The van der Waals surface area contributed by atoms with Crippen LogP contribution in [0, 0.1) is 11.8 Å². The van der Waals surface area contributed by atoms with Crippen LogP contribution in [0.25, 0.3) is 11.0 Å². The number of rotatable bonds is 1. The van der Waals surface area contributed by atoms with E-state index in [2.05, 4.69) is 37.7 Å². The first-order valence-electron chi connectivity index (χ1n) is 4.56. The van der Waals surface area contributed by atoms with Crippen LogP contribution >= 0.6 is 15.9 Å². The highest BCUT2D eigenvalue weighted by molar-refractivity contribution is 9.09. The summed E-state index contributed by atoms with van der Waals surface area (Å²) < 4.78 is 0. The van der Waals surface area contributed by atoms with E-state index in [0.29, 0.717) is 0 Å². The molecular formula is C11H9BrN2O. The van der Waals surface area contributed by atoms with Gasteiger partial charge in [-0.3, -0.25) is 0 Å². The van der Waals surface area contributed by atoms with Gasteiger partial charge in [-0.15, -0.1) is 0 Å². The van der Waals surface area contributed by atoms with Crippen molar-refractivity contribution in [2.24, 2.45) is 0 Å². The fourth-order valence-electron chi connectivity index (χ4n) is 1.32. The van der Waals surface area contributed by atoms with Gasteiger partial charge in [0.15, 0.2) is 0 Å². The average molecular weight is 265 g/mol. The minimum Gasteiger partial charge on any atom is -0.306 e. The van der Waals surface area contributed by atoms with E-state index in [9.17, 15) is 4.79 Å². The highest BCUT2D eigenvalue weighted by Crippen LogP contribution is 2.08. The third-order valence-corrected chi connectivity index (χ3v) is 2.36. The smallest absolute Gasteiger partial charge is 0.306 e. The van der Waals surface area contributed by atoms with E-state index in [-0.39, 0.29) is 5.69 Å². The first-order chi connectivity index (χ1) is 7.29. The molecule has 2 rings (SSSR count). The molecule has 0 fully saturated rings. The van der Waals surface area contributed by atoms with Crippen molar-refractivity contribution in [2.45, 2.75) is 6.42 Å². The molecule has 0 bridgehead atoms. The Morgan fingerprint density at radius 3 is 2.87 bits per heavy atom. The Bertz CT molecular complexity index is 586. The number of hydrogen-bond acceptors (Lipinski definition) is 1. The highest BCUT2D eigenvalue weighted by Gasteiger charge is 1.97. The number of aromatic nitrogens is 2. The molecule has 0 saturated carbocycles. The van der Waals surface area contributed by atoms with E-state index in [1.807, 2.05) is 18.2 Å². The molecule has 0 unspecified atom stereocenters. The summed E-state index contributed by atoms with van der Waals surface area (Å²) in [5.41, 5.74) is 2.34. The van der Waals surface area contributed by atoms with E-state index >= 15 is 0 Å². The number of nitrogens with one attached hydrogen (secondary N) is 2. The largest absolute Gasteiger partial charge is 0.323 e. The Labute approximate surface area is 95.0 Å². The minimum atomic E-state index is -0.185. The third kappa shape index (κ3) is 2.31. The second kappa shape index (κ2) is 4.37. The summed E-state index contributed by atoms with van der Waals surface area (Å²) in [6.45, 7) is 0. The molecule has 76 valence electrons. The van der Waals surface area contributed by atoms with Crippen LogP contribution in [0.5, 0.6) is 0 Å². The zero-order chi connectivity index (χ0) is 10.7. The number of fused-ring (bicyclic) bond motifs is 1. The number of aromatic amines is 2. The van der Waals surface area contributed by atoms with Crippen molar-refractivity contribution in [2.75, 3.05) is 5.33 Å². The Morgan fingerprint density at radius 2 is 2.07 bits per heavy atom. The molecule has 1 aromatic heterocycles. The van der Waals surface area contributed by atoms with E-state index < -0.39 is 0 Å². The summed E-state index contributed by atoms with van der Waals surface area (Å²) in [5, 5.41) is 0.878. The van der Waals surface area contributed by atoms with E-state index in [1.165, 1.54) is 0 Å². The van der Waals surface area contributed by atoms with Crippen LogP contribution in [0.1, 0.15) is 12.0 Å². The number of halogens is 1. The standard InChI is InChI=1S/C11H9BrN2O/c12-6-2-1-3-8-4-5-9-10(7-8)14-11(15)13-9/h4-5,7H,2,6H2,(H2,13,14,15). The van der Waals surface area contributed by atoms with Gasteiger partial charge in [0.05, 0.1) is 11.0 Å². The summed E-state index contributed by atoms with van der Waals surface area (Å²) in [4.78, 5) is 16.4. The van der Waals surface area contributed by atoms with Crippen molar-refractivity contribution in [1.29, 1.82) is 0 Å². The maximum absolute atomic E-state index is 11.0. The van der Waals surface area contributed by atoms with Crippen molar-refractivity contribution < 1.29 is 0 Å². The Balaban J connectivity index is 2.39. The van der Waals surface area contributed by atoms with Gasteiger partial charge in [0, 0.05) is 17.3 Å². The van der Waals surface area contributed by atoms with Crippen molar-refractivity contribution in [1.82, 2.24) is 9.97 Å². The Morgan fingerprint density at radius 1 is 1.27 bits per heavy atom. The molecule has 2 N–H and O–H groups in total. The molecule has 15 heavy (non-hydrogen) atoms. The zero-order valence-corrected chi connectivity index (χ0v) is 9.52. The van der Waals surface area contributed by atoms with Gasteiger partial charge in [-0.25, -0.2) is 4.79 Å². The maximum Gasteiger partial charge on any atom is 0.323 e. The highest BCUT2D eigenvalue weighted by atomic mass is 79.9. The van der Waals surface area contributed by atoms with Crippen molar-refractivity contribution in [3.8, 4) is 11.8 Å². The van der Waals surface area contributed by atoms with Gasteiger partial charge in [0.2, 0.25) is 0 Å². The fourth-order valence-corrected chi connectivity index (χ4v) is 1.52. The molecule has 0 spiro atoms. The lowest BCUT2D eigenvalue weighted by molar-refractivity contribution is 1.21. The van der Waals surface area contributed by atoms with Crippen LogP contribution in [0.2, 0.25) is 0 Å². The average Bonchev–Trinajstić information content (AvgIpc) is 2.57. The molecule has 3 nitrogen and oxygen atoms in total. The van der Waals surface area contributed by atoms with E-state index in [4.69, 9.17) is 0 Å².